The van der Waals surface area contributed by atoms with Gasteiger partial charge in [-0.3, -0.25) is 4.79 Å². The summed E-state index contributed by atoms with van der Waals surface area (Å²) in [6.45, 7) is -0.430. The van der Waals surface area contributed by atoms with E-state index in [2.05, 4.69) is 16.0 Å². The molecule has 228 valence electrons. The van der Waals surface area contributed by atoms with Crippen molar-refractivity contribution in [3.8, 4) is 6.07 Å². The minimum absolute atomic E-state index is 0. The van der Waals surface area contributed by atoms with Gasteiger partial charge >= 0.3 is 0 Å². The number of benzene rings is 2. The van der Waals surface area contributed by atoms with E-state index in [-0.39, 0.29) is 44.1 Å². The quantitative estimate of drug-likeness (QED) is 0.165. The van der Waals surface area contributed by atoms with E-state index in [4.69, 9.17) is 75.3 Å². The SMILES string of the molecule is C.C.N#CC(c1cc(CO)cc(Cl)n1)c1c(Cl)cccc1Cl.NC(=O)C(c1cc(CO)cc(Cl)n1)c1c(Cl)cccc1Cl. The molecule has 4 N–H and O–H groups in total. The van der Waals surface area contributed by atoms with Gasteiger partial charge in [0, 0.05) is 31.2 Å². The molecule has 13 heteroatoms. The summed E-state index contributed by atoms with van der Waals surface area (Å²) in [5.74, 6) is -2.36. The predicted octanol–water partition coefficient (Wildman–Crippen LogP) is 8.61. The summed E-state index contributed by atoms with van der Waals surface area (Å²) < 4.78 is 0. The molecular weight excluding hydrogens is 677 g/mol. The summed E-state index contributed by atoms with van der Waals surface area (Å²) in [7, 11) is 0. The zero-order valence-electron chi connectivity index (χ0n) is 20.8. The maximum Gasteiger partial charge on any atom is 0.231 e. The summed E-state index contributed by atoms with van der Waals surface area (Å²) in [5.41, 5.74) is 8.10. The standard InChI is InChI=1S/C14H11Cl3N2O2.C14H9Cl3N2O.2CH4/c15-8-2-1-3-9(16)12(8)13(14(18)21)10-4-7(6-20)5-11(17)19-10;15-10-2-1-3-11(16)14(10)9(6-18)12-4-8(7-20)5-13(17)19-12;;/h1-5,13,20H,6H2,(H2,18,21);1-5,9,20H,7H2;2*1H4. The van der Waals surface area contributed by atoms with Crippen LogP contribution >= 0.6 is 69.6 Å². The molecule has 0 radical (unpaired) electrons. The number of amides is 1. The van der Waals surface area contributed by atoms with Crippen molar-refractivity contribution in [2.45, 2.75) is 39.9 Å². The molecule has 2 aromatic carbocycles. The van der Waals surface area contributed by atoms with Crippen molar-refractivity contribution >= 4 is 75.5 Å². The number of carbonyl (C=O) groups is 1. The van der Waals surface area contributed by atoms with Gasteiger partial charge < -0.3 is 15.9 Å². The Morgan fingerprint density at radius 3 is 1.53 bits per heavy atom. The first-order chi connectivity index (χ1) is 19.5. The fourth-order valence-corrected chi connectivity index (χ4v) is 5.62. The number of nitriles is 1. The van der Waals surface area contributed by atoms with Gasteiger partial charge in [-0.25, -0.2) is 9.97 Å². The lowest BCUT2D eigenvalue weighted by molar-refractivity contribution is -0.118. The Balaban J connectivity index is 0.000000411. The number of aromatic nitrogens is 2. The Kier molecular flexibility index (Phi) is 15.7. The number of hydrogen-bond donors (Lipinski definition) is 3. The monoisotopic (exact) mass is 702 g/mol. The molecule has 4 aromatic rings. The molecule has 0 aliphatic carbocycles. The average molecular weight is 705 g/mol. The molecule has 43 heavy (non-hydrogen) atoms. The second-order valence-corrected chi connectivity index (χ2v) is 10.8. The number of nitrogens with two attached hydrogens (primary N) is 1. The number of hydrogen-bond acceptors (Lipinski definition) is 6. The molecule has 0 aliphatic rings. The molecule has 2 aromatic heterocycles. The van der Waals surface area contributed by atoms with E-state index in [1.807, 2.05) is 0 Å². The van der Waals surface area contributed by atoms with E-state index in [0.29, 0.717) is 48.0 Å². The van der Waals surface area contributed by atoms with Gasteiger partial charge in [0.15, 0.2) is 0 Å². The van der Waals surface area contributed by atoms with Crippen LogP contribution in [-0.2, 0) is 18.0 Å². The number of primary amides is 1. The van der Waals surface area contributed by atoms with Crippen LogP contribution in [0.25, 0.3) is 0 Å². The zero-order valence-corrected chi connectivity index (χ0v) is 25.4. The lowest BCUT2D eigenvalue weighted by Crippen LogP contribution is -2.24. The van der Waals surface area contributed by atoms with Crippen molar-refractivity contribution in [2.24, 2.45) is 5.73 Å². The fraction of sp³-hybridized carbons (Fsp3) is 0.200. The largest absolute Gasteiger partial charge is 0.392 e. The molecule has 0 saturated heterocycles. The molecular formula is C30H28Cl6N4O3. The van der Waals surface area contributed by atoms with E-state index in [1.54, 1.807) is 48.5 Å². The topological polar surface area (TPSA) is 133 Å². The molecule has 0 spiro atoms. The van der Waals surface area contributed by atoms with Gasteiger partial charge in [0.05, 0.1) is 30.7 Å². The number of aliphatic hydroxyl groups excluding tert-OH is 2. The fourth-order valence-electron chi connectivity index (χ4n) is 3.91. The molecule has 0 fully saturated rings. The van der Waals surface area contributed by atoms with Gasteiger partial charge in [-0.15, -0.1) is 0 Å². The van der Waals surface area contributed by atoms with Gasteiger partial charge in [0.1, 0.15) is 22.1 Å². The minimum Gasteiger partial charge on any atom is -0.392 e. The molecule has 0 aliphatic heterocycles. The maximum absolute atomic E-state index is 11.9. The molecule has 0 saturated carbocycles. The number of aliphatic hydroxyl groups is 2. The molecule has 2 unspecified atom stereocenters. The van der Waals surface area contributed by atoms with Crippen molar-refractivity contribution in [1.82, 2.24) is 9.97 Å². The van der Waals surface area contributed by atoms with Crippen LogP contribution in [0.5, 0.6) is 0 Å². The van der Waals surface area contributed by atoms with Crippen molar-refractivity contribution in [1.29, 1.82) is 5.26 Å². The van der Waals surface area contributed by atoms with Crippen LogP contribution in [0.2, 0.25) is 30.4 Å². The van der Waals surface area contributed by atoms with Crippen LogP contribution in [0.4, 0.5) is 0 Å². The highest BCUT2D eigenvalue weighted by atomic mass is 35.5. The highest BCUT2D eigenvalue weighted by Crippen LogP contribution is 2.36. The van der Waals surface area contributed by atoms with E-state index in [9.17, 15) is 20.3 Å². The van der Waals surface area contributed by atoms with E-state index < -0.39 is 17.7 Å². The third-order valence-corrected chi connectivity index (χ3v) is 7.40. The number of rotatable bonds is 7. The highest BCUT2D eigenvalue weighted by molar-refractivity contribution is 6.37. The molecule has 7 nitrogen and oxygen atoms in total. The first kappa shape index (κ1) is 38.4. The van der Waals surface area contributed by atoms with Crippen LogP contribution in [0, 0.1) is 11.3 Å². The lowest BCUT2D eigenvalue weighted by Gasteiger charge is -2.17. The minimum atomic E-state index is -0.949. The summed E-state index contributed by atoms with van der Waals surface area (Å²) in [4.78, 5) is 20.1. The third-order valence-electron chi connectivity index (χ3n) is 5.69. The van der Waals surface area contributed by atoms with Crippen LogP contribution in [0.1, 0.15) is 60.3 Å². The van der Waals surface area contributed by atoms with Gasteiger partial charge in [0.25, 0.3) is 0 Å². The van der Waals surface area contributed by atoms with Crippen molar-refractivity contribution in [3.63, 3.8) is 0 Å². The Morgan fingerprint density at radius 1 is 0.744 bits per heavy atom. The number of halogens is 6. The van der Waals surface area contributed by atoms with Crippen LogP contribution in [-0.4, -0.2) is 26.1 Å². The lowest BCUT2D eigenvalue weighted by atomic mass is 9.93. The zero-order chi connectivity index (χ0) is 30.3. The Hall–Kier alpha value is -2.64. The van der Waals surface area contributed by atoms with Crippen molar-refractivity contribution in [2.75, 3.05) is 0 Å². The van der Waals surface area contributed by atoms with Crippen molar-refractivity contribution in [3.05, 3.63) is 125 Å². The van der Waals surface area contributed by atoms with E-state index in [0.717, 1.165) is 0 Å². The van der Waals surface area contributed by atoms with Gasteiger partial charge in [-0.05, 0) is 59.7 Å². The molecule has 0 bridgehead atoms. The normalized spacial score (nSPS) is 11.5. The second-order valence-electron chi connectivity index (χ2n) is 8.43. The first-order valence-electron chi connectivity index (χ1n) is 11.6. The average Bonchev–Trinajstić information content (AvgIpc) is 2.92. The van der Waals surface area contributed by atoms with Crippen molar-refractivity contribution < 1.29 is 15.0 Å². The van der Waals surface area contributed by atoms with Crippen LogP contribution in [0.3, 0.4) is 0 Å². The maximum atomic E-state index is 11.9. The van der Waals surface area contributed by atoms with Gasteiger partial charge in [0.2, 0.25) is 5.91 Å². The van der Waals surface area contributed by atoms with Gasteiger partial charge in [-0.1, -0.05) is 96.6 Å². The van der Waals surface area contributed by atoms with Crippen LogP contribution in [0.15, 0.2) is 60.7 Å². The third kappa shape index (κ3) is 9.67. The summed E-state index contributed by atoms with van der Waals surface area (Å²) in [5, 5.41) is 29.6. The summed E-state index contributed by atoms with van der Waals surface area (Å²) >= 11 is 36.3. The Morgan fingerprint density at radius 2 is 1.14 bits per heavy atom. The molecule has 2 heterocycles. The first-order valence-corrected chi connectivity index (χ1v) is 13.9. The Bertz CT molecular complexity index is 1570. The Labute approximate surface area is 280 Å². The summed E-state index contributed by atoms with van der Waals surface area (Å²) in [6, 6.07) is 18.2. The number of carbonyl (C=O) groups excluding carboxylic acids is 1. The van der Waals surface area contributed by atoms with Crippen LogP contribution < -0.4 is 5.73 Å². The van der Waals surface area contributed by atoms with Gasteiger partial charge in [-0.2, -0.15) is 5.26 Å². The molecule has 4 rings (SSSR count). The predicted molar refractivity (Wildman–Crippen MR) is 175 cm³/mol. The van der Waals surface area contributed by atoms with E-state index in [1.165, 1.54) is 12.1 Å². The van der Waals surface area contributed by atoms with E-state index >= 15 is 0 Å². The highest BCUT2D eigenvalue weighted by Gasteiger charge is 2.27. The number of nitrogens with zero attached hydrogens (tertiary/aromatic N) is 3. The number of pyridine rings is 2. The smallest absolute Gasteiger partial charge is 0.231 e. The summed E-state index contributed by atoms with van der Waals surface area (Å²) in [6.07, 6.45) is 0. The molecule has 2 atom stereocenters. The molecule has 1 amide bonds. The second kappa shape index (κ2) is 17.6.